The fraction of sp³-hybridized carbons (Fsp3) is 0.643. The fourth-order valence-electron chi connectivity index (χ4n) is 2.63. The number of nitrogens with zero attached hydrogens (tertiary/aromatic N) is 1. The Labute approximate surface area is 128 Å². The van der Waals surface area contributed by atoms with Crippen molar-refractivity contribution in [2.75, 3.05) is 0 Å². The van der Waals surface area contributed by atoms with Crippen molar-refractivity contribution in [3.05, 3.63) is 16.1 Å². The Morgan fingerprint density at radius 2 is 2.05 bits per heavy atom. The average Bonchev–Trinajstić information content (AvgIpc) is 2.86. The van der Waals surface area contributed by atoms with Gasteiger partial charge in [0.15, 0.2) is 0 Å². The molecule has 1 aromatic heterocycles. The summed E-state index contributed by atoms with van der Waals surface area (Å²) in [5.41, 5.74) is -1.12. The number of aliphatic carboxylic acids is 1. The highest BCUT2D eigenvalue weighted by atomic mass is 32.1. The molecule has 1 fully saturated rings. The first kappa shape index (κ1) is 15.8. The number of hydrogen-bond donors (Lipinski definition) is 3. The van der Waals surface area contributed by atoms with E-state index in [1.807, 2.05) is 13.8 Å². The SMILES string of the molecule is Cc1cnc(C(C)NC(=O)NC2(C(=O)O)CCCCC2)s1. The van der Waals surface area contributed by atoms with E-state index in [1.54, 1.807) is 6.20 Å². The van der Waals surface area contributed by atoms with Gasteiger partial charge in [0.05, 0.1) is 6.04 Å². The van der Waals surface area contributed by atoms with E-state index in [2.05, 4.69) is 15.6 Å². The van der Waals surface area contributed by atoms with Crippen molar-refractivity contribution in [3.8, 4) is 0 Å². The molecular weight excluding hydrogens is 290 g/mol. The lowest BCUT2D eigenvalue weighted by atomic mass is 9.82. The Kier molecular flexibility index (Phi) is 4.82. The van der Waals surface area contributed by atoms with Crippen molar-refractivity contribution in [1.82, 2.24) is 15.6 Å². The van der Waals surface area contributed by atoms with Crippen LogP contribution in [0.5, 0.6) is 0 Å². The molecule has 3 N–H and O–H groups in total. The van der Waals surface area contributed by atoms with Gasteiger partial charge in [0.25, 0.3) is 0 Å². The van der Waals surface area contributed by atoms with Crippen LogP contribution in [0, 0.1) is 6.92 Å². The van der Waals surface area contributed by atoms with Gasteiger partial charge in [-0.2, -0.15) is 0 Å². The first-order valence-electron chi connectivity index (χ1n) is 7.17. The number of nitrogens with one attached hydrogen (secondary N) is 2. The van der Waals surface area contributed by atoms with Crippen LogP contribution >= 0.6 is 11.3 Å². The van der Waals surface area contributed by atoms with Gasteiger partial charge in [-0.1, -0.05) is 19.3 Å². The third-order valence-electron chi connectivity index (χ3n) is 3.83. The van der Waals surface area contributed by atoms with Gasteiger partial charge in [0.2, 0.25) is 0 Å². The molecular formula is C14H21N3O3S. The monoisotopic (exact) mass is 311 g/mol. The molecule has 2 amide bonds. The molecule has 1 saturated carbocycles. The number of aryl methyl sites for hydroxylation is 1. The molecule has 7 heteroatoms. The number of thiazole rings is 1. The highest BCUT2D eigenvalue weighted by molar-refractivity contribution is 7.11. The average molecular weight is 311 g/mol. The van der Waals surface area contributed by atoms with E-state index in [0.717, 1.165) is 29.1 Å². The summed E-state index contributed by atoms with van der Waals surface area (Å²) in [6.07, 6.45) is 5.41. The lowest BCUT2D eigenvalue weighted by molar-refractivity contribution is -0.145. The Morgan fingerprint density at radius 3 is 2.57 bits per heavy atom. The maximum absolute atomic E-state index is 12.1. The summed E-state index contributed by atoms with van der Waals surface area (Å²) in [6.45, 7) is 3.79. The summed E-state index contributed by atoms with van der Waals surface area (Å²) in [7, 11) is 0. The molecule has 0 saturated heterocycles. The van der Waals surface area contributed by atoms with Crippen LogP contribution in [-0.2, 0) is 4.79 Å². The predicted octanol–water partition coefficient (Wildman–Crippen LogP) is 2.60. The Morgan fingerprint density at radius 1 is 1.38 bits per heavy atom. The number of amides is 2. The topological polar surface area (TPSA) is 91.3 Å². The molecule has 1 unspecified atom stereocenters. The minimum atomic E-state index is -1.12. The number of hydrogen-bond acceptors (Lipinski definition) is 4. The number of urea groups is 1. The van der Waals surface area contributed by atoms with E-state index in [4.69, 9.17) is 0 Å². The summed E-state index contributed by atoms with van der Waals surface area (Å²) < 4.78 is 0. The first-order valence-corrected chi connectivity index (χ1v) is 7.99. The molecule has 0 radical (unpaired) electrons. The van der Waals surface area contributed by atoms with Crippen LogP contribution in [0.3, 0.4) is 0 Å². The molecule has 0 bridgehead atoms. The first-order chi connectivity index (χ1) is 9.93. The zero-order valence-electron chi connectivity index (χ0n) is 12.3. The van der Waals surface area contributed by atoms with Crippen LogP contribution in [0.1, 0.15) is 55.0 Å². The van der Waals surface area contributed by atoms with E-state index < -0.39 is 17.5 Å². The zero-order valence-corrected chi connectivity index (χ0v) is 13.1. The number of rotatable bonds is 4. The standard InChI is InChI=1S/C14H21N3O3S/c1-9-8-15-11(21-9)10(2)16-13(20)17-14(12(18)19)6-4-3-5-7-14/h8,10H,3-7H2,1-2H3,(H,18,19)(H2,16,17,20). The van der Waals surface area contributed by atoms with Crippen molar-refractivity contribution < 1.29 is 14.7 Å². The largest absolute Gasteiger partial charge is 0.480 e. The minimum Gasteiger partial charge on any atom is -0.480 e. The summed E-state index contributed by atoms with van der Waals surface area (Å²) in [6, 6.07) is -0.683. The zero-order chi connectivity index (χ0) is 15.5. The van der Waals surface area contributed by atoms with E-state index in [-0.39, 0.29) is 6.04 Å². The van der Waals surface area contributed by atoms with Crippen molar-refractivity contribution in [3.63, 3.8) is 0 Å². The van der Waals surface area contributed by atoms with Gasteiger partial charge >= 0.3 is 12.0 Å². The number of carboxylic acid groups (broad SMARTS) is 1. The summed E-state index contributed by atoms with van der Waals surface area (Å²) in [4.78, 5) is 28.9. The molecule has 0 aliphatic heterocycles. The van der Waals surface area contributed by atoms with Crippen molar-refractivity contribution in [2.24, 2.45) is 0 Å². The van der Waals surface area contributed by atoms with Gasteiger partial charge < -0.3 is 15.7 Å². The van der Waals surface area contributed by atoms with Gasteiger partial charge in [0, 0.05) is 11.1 Å². The van der Waals surface area contributed by atoms with E-state index in [9.17, 15) is 14.7 Å². The van der Waals surface area contributed by atoms with Crippen LogP contribution in [0.2, 0.25) is 0 Å². The molecule has 0 aromatic carbocycles. The molecule has 1 aromatic rings. The molecule has 2 rings (SSSR count). The molecule has 1 atom stereocenters. The highest BCUT2D eigenvalue weighted by Gasteiger charge is 2.41. The molecule has 6 nitrogen and oxygen atoms in total. The number of carboxylic acids is 1. The van der Waals surface area contributed by atoms with Gasteiger partial charge in [-0.05, 0) is 26.7 Å². The molecule has 0 spiro atoms. The quantitative estimate of drug-likeness (QED) is 0.797. The van der Waals surface area contributed by atoms with Crippen LogP contribution < -0.4 is 10.6 Å². The van der Waals surface area contributed by atoms with Crippen molar-refractivity contribution in [2.45, 2.75) is 57.5 Å². The third kappa shape index (κ3) is 3.72. The smallest absolute Gasteiger partial charge is 0.329 e. The predicted molar refractivity (Wildman–Crippen MR) is 80.4 cm³/mol. The fourth-order valence-corrected chi connectivity index (χ4v) is 3.41. The second-order valence-electron chi connectivity index (χ2n) is 5.58. The van der Waals surface area contributed by atoms with E-state index in [0.29, 0.717) is 12.8 Å². The maximum atomic E-state index is 12.1. The van der Waals surface area contributed by atoms with Crippen LogP contribution in [0.25, 0.3) is 0 Å². The lowest BCUT2D eigenvalue weighted by Crippen LogP contribution is -2.58. The van der Waals surface area contributed by atoms with Gasteiger partial charge in [-0.3, -0.25) is 0 Å². The molecule has 1 heterocycles. The molecule has 21 heavy (non-hydrogen) atoms. The Bertz CT molecular complexity index is 523. The van der Waals surface area contributed by atoms with Gasteiger partial charge in [-0.25, -0.2) is 14.6 Å². The van der Waals surface area contributed by atoms with Crippen molar-refractivity contribution >= 4 is 23.3 Å². The van der Waals surface area contributed by atoms with E-state index >= 15 is 0 Å². The summed E-state index contributed by atoms with van der Waals surface area (Å²) >= 11 is 1.52. The summed E-state index contributed by atoms with van der Waals surface area (Å²) in [5, 5.41) is 15.7. The second kappa shape index (κ2) is 6.43. The Hall–Kier alpha value is -1.63. The van der Waals surface area contributed by atoms with Crippen LogP contribution in [0.15, 0.2) is 6.20 Å². The normalized spacial score (nSPS) is 18.8. The summed E-state index contributed by atoms with van der Waals surface area (Å²) in [5.74, 6) is -0.949. The van der Waals surface area contributed by atoms with Crippen LogP contribution in [-0.4, -0.2) is 27.6 Å². The minimum absolute atomic E-state index is 0.238. The lowest BCUT2D eigenvalue weighted by Gasteiger charge is -2.34. The number of aromatic nitrogens is 1. The van der Waals surface area contributed by atoms with E-state index in [1.165, 1.54) is 11.3 Å². The van der Waals surface area contributed by atoms with Gasteiger partial charge in [-0.15, -0.1) is 11.3 Å². The molecule has 116 valence electrons. The highest BCUT2D eigenvalue weighted by Crippen LogP contribution is 2.28. The van der Waals surface area contributed by atoms with Gasteiger partial charge in [0.1, 0.15) is 10.5 Å². The maximum Gasteiger partial charge on any atom is 0.329 e. The number of carbonyl (C=O) groups excluding carboxylic acids is 1. The molecule has 1 aliphatic rings. The Balaban J connectivity index is 1.98. The van der Waals surface area contributed by atoms with Crippen molar-refractivity contribution in [1.29, 1.82) is 0 Å². The molecule has 1 aliphatic carbocycles. The van der Waals surface area contributed by atoms with Crippen LogP contribution in [0.4, 0.5) is 4.79 Å². The third-order valence-corrected chi connectivity index (χ3v) is 4.92. The second-order valence-corrected chi connectivity index (χ2v) is 6.84. The number of carbonyl (C=O) groups is 2.